The van der Waals surface area contributed by atoms with Crippen LogP contribution < -0.4 is 14.4 Å². The Hall–Kier alpha value is -3.72. The van der Waals surface area contributed by atoms with E-state index in [0.29, 0.717) is 0 Å². The molecule has 4 aromatic rings. The summed E-state index contributed by atoms with van der Waals surface area (Å²) in [5.74, 6) is 1.67. The predicted molar refractivity (Wildman–Crippen MR) is 129 cm³/mol. The third-order valence-corrected chi connectivity index (χ3v) is 5.42. The van der Waals surface area contributed by atoms with Crippen LogP contribution in [0.2, 0.25) is 0 Å². The van der Waals surface area contributed by atoms with Crippen molar-refractivity contribution in [2.75, 3.05) is 19.1 Å². The molecule has 0 heterocycles. The van der Waals surface area contributed by atoms with Crippen LogP contribution in [0.4, 0.5) is 17.1 Å². The van der Waals surface area contributed by atoms with E-state index in [9.17, 15) is 0 Å². The highest BCUT2D eigenvalue weighted by atomic mass is 16.5. The van der Waals surface area contributed by atoms with Crippen LogP contribution in [0.3, 0.4) is 0 Å². The molecule has 3 heteroatoms. The molecule has 0 spiro atoms. The van der Waals surface area contributed by atoms with Gasteiger partial charge in [-0.05, 0) is 79.6 Å². The summed E-state index contributed by atoms with van der Waals surface area (Å²) in [5.41, 5.74) is 8.07. The van der Waals surface area contributed by atoms with Crippen LogP contribution in [0.25, 0.3) is 11.1 Å². The molecule has 0 aliphatic rings. The molecule has 0 amide bonds. The third kappa shape index (κ3) is 4.41. The summed E-state index contributed by atoms with van der Waals surface area (Å²) in [4.78, 5) is 2.28. The lowest BCUT2D eigenvalue weighted by Crippen LogP contribution is -2.11. The highest BCUT2D eigenvalue weighted by Gasteiger charge is 2.17. The molecular formula is C28H27NO2. The summed E-state index contributed by atoms with van der Waals surface area (Å²) in [5, 5.41) is 0. The average Bonchev–Trinajstić information content (AvgIpc) is 2.81. The third-order valence-electron chi connectivity index (χ3n) is 5.42. The van der Waals surface area contributed by atoms with Crippen molar-refractivity contribution in [1.29, 1.82) is 0 Å². The van der Waals surface area contributed by atoms with Gasteiger partial charge in [-0.1, -0.05) is 42.0 Å². The first-order valence-corrected chi connectivity index (χ1v) is 10.3. The molecule has 0 saturated carbocycles. The number of anilines is 3. The Kier molecular flexibility index (Phi) is 5.94. The predicted octanol–water partition coefficient (Wildman–Crippen LogP) is 7.46. The van der Waals surface area contributed by atoms with E-state index < -0.39 is 0 Å². The van der Waals surface area contributed by atoms with Crippen molar-refractivity contribution in [3.8, 4) is 22.6 Å². The molecule has 4 rings (SSSR count). The smallest absolute Gasteiger partial charge is 0.119 e. The molecule has 3 nitrogen and oxygen atoms in total. The molecule has 0 fully saturated rings. The van der Waals surface area contributed by atoms with Gasteiger partial charge in [0, 0.05) is 16.9 Å². The highest BCUT2D eigenvalue weighted by Crippen LogP contribution is 2.42. The van der Waals surface area contributed by atoms with Crippen molar-refractivity contribution < 1.29 is 9.47 Å². The summed E-state index contributed by atoms with van der Waals surface area (Å²) in [7, 11) is 3.37. The zero-order chi connectivity index (χ0) is 21.8. The molecule has 0 unspecified atom stereocenters. The Morgan fingerprint density at radius 3 is 1.52 bits per heavy atom. The number of aryl methyl sites for hydroxylation is 2. The van der Waals surface area contributed by atoms with Crippen molar-refractivity contribution in [3.05, 3.63) is 102 Å². The van der Waals surface area contributed by atoms with Crippen LogP contribution in [0.5, 0.6) is 11.5 Å². The number of nitrogens with zero attached hydrogens (tertiary/aromatic N) is 1. The van der Waals surface area contributed by atoms with Crippen molar-refractivity contribution in [2.24, 2.45) is 0 Å². The van der Waals surface area contributed by atoms with Crippen molar-refractivity contribution in [3.63, 3.8) is 0 Å². The van der Waals surface area contributed by atoms with Gasteiger partial charge in [0.05, 0.1) is 19.9 Å². The van der Waals surface area contributed by atoms with Crippen molar-refractivity contribution in [1.82, 2.24) is 0 Å². The summed E-state index contributed by atoms with van der Waals surface area (Å²) in [6, 6.07) is 31.6. The Bertz CT molecular complexity index is 1100. The van der Waals surface area contributed by atoms with Crippen LogP contribution >= 0.6 is 0 Å². The van der Waals surface area contributed by atoms with E-state index in [1.54, 1.807) is 14.2 Å². The second kappa shape index (κ2) is 8.97. The maximum atomic E-state index is 5.38. The van der Waals surface area contributed by atoms with E-state index in [-0.39, 0.29) is 0 Å². The maximum absolute atomic E-state index is 5.38. The molecule has 0 aliphatic carbocycles. The number of hydrogen-bond donors (Lipinski definition) is 0. The zero-order valence-electron chi connectivity index (χ0n) is 18.4. The Labute approximate surface area is 184 Å². The first-order chi connectivity index (χ1) is 15.1. The van der Waals surface area contributed by atoms with E-state index in [2.05, 4.69) is 85.5 Å². The molecule has 0 aromatic heterocycles. The average molecular weight is 410 g/mol. The maximum Gasteiger partial charge on any atom is 0.119 e. The Balaban J connectivity index is 1.92. The molecule has 156 valence electrons. The van der Waals surface area contributed by atoms with Crippen LogP contribution in [-0.4, -0.2) is 14.2 Å². The van der Waals surface area contributed by atoms with E-state index in [4.69, 9.17) is 9.47 Å². The van der Waals surface area contributed by atoms with Gasteiger partial charge in [-0.2, -0.15) is 0 Å². The summed E-state index contributed by atoms with van der Waals surface area (Å²) < 4.78 is 10.8. The molecule has 0 aliphatic heterocycles. The monoisotopic (exact) mass is 409 g/mol. The van der Waals surface area contributed by atoms with Gasteiger partial charge in [-0.25, -0.2) is 0 Å². The van der Waals surface area contributed by atoms with Gasteiger partial charge in [0.2, 0.25) is 0 Å². The molecule has 0 radical (unpaired) electrons. The van der Waals surface area contributed by atoms with Gasteiger partial charge in [0.15, 0.2) is 0 Å². The van der Waals surface area contributed by atoms with Crippen LogP contribution in [-0.2, 0) is 0 Å². The molecule has 4 aromatic carbocycles. The topological polar surface area (TPSA) is 21.7 Å². The lowest BCUT2D eigenvalue weighted by atomic mass is 9.99. The summed E-state index contributed by atoms with van der Waals surface area (Å²) in [6.07, 6.45) is 0. The fourth-order valence-electron chi connectivity index (χ4n) is 3.69. The Morgan fingerprint density at radius 1 is 0.548 bits per heavy atom. The van der Waals surface area contributed by atoms with Gasteiger partial charge in [0.1, 0.15) is 11.5 Å². The standard InChI is InChI=1S/C28H27NO2/c1-20-5-8-22(9-6-20)27-18-7-21(2)19-28(27)29(23-10-14-25(30-3)15-11-23)24-12-16-26(31-4)17-13-24/h5-19H,1-4H3. The van der Waals surface area contributed by atoms with E-state index in [1.807, 2.05) is 24.3 Å². The second-order valence-electron chi connectivity index (χ2n) is 7.62. The van der Waals surface area contributed by atoms with Gasteiger partial charge in [0.25, 0.3) is 0 Å². The van der Waals surface area contributed by atoms with Crippen molar-refractivity contribution in [2.45, 2.75) is 13.8 Å². The van der Waals surface area contributed by atoms with Gasteiger partial charge >= 0.3 is 0 Å². The van der Waals surface area contributed by atoms with Gasteiger partial charge in [-0.15, -0.1) is 0 Å². The summed E-state index contributed by atoms with van der Waals surface area (Å²) >= 11 is 0. The molecule has 0 atom stereocenters. The lowest BCUT2D eigenvalue weighted by Gasteiger charge is -2.28. The number of benzene rings is 4. The Morgan fingerprint density at radius 2 is 1.03 bits per heavy atom. The summed E-state index contributed by atoms with van der Waals surface area (Å²) in [6.45, 7) is 4.24. The van der Waals surface area contributed by atoms with E-state index in [0.717, 1.165) is 28.6 Å². The van der Waals surface area contributed by atoms with Crippen LogP contribution in [0, 0.1) is 13.8 Å². The first-order valence-electron chi connectivity index (χ1n) is 10.3. The highest BCUT2D eigenvalue weighted by molar-refractivity contribution is 5.88. The quantitative estimate of drug-likeness (QED) is 0.330. The number of methoxy groups -OCH3 is 2. The van der Waals surface area contributed by atoms with E-state index in [1.165, 1.54) is 22.3 Å². The minimum Gasteiger partial charge on any atom is -0.497 e. The zero-order valence-corrected chi connectivity index (χ0v) is 18.4. The van der Waals surface area contributed by atoms with Gasteiger partial charge in [-0.3, -0.25) is 0 Å². The molecule has 31 heavy (non-hydrogen) atoms. The second-order valence-corrected chi connectivity index (χ2v) is 7.62. The largest absolute Gasteiger partial charge is 0.497 e. The normalized spacial score (nSPS) is 10.6. The van der Waals surface area contributed by atoms with Gasteiger partial charge < -0.3 is 14.4 Å². The minimum absolute atomic E-state index is 0.835. The molecule has 0 saturated heterocycles. The molecule has 0 N–H and O–H groups in total. The van der Waals surface area contributed by atoms with E-state index >= 15 is 0 Å². The first kappa shape index (κ1) is 20.5. The molecule has 0 bridgehead atoms. The number of hydrogen-bond acceptors (Lipinski definition) is 3. The lowest BCUT2D eigenvalue weighted by molar-refractivity contribution is 0.415. The minimum atomic E-state index is 0.835. The van der Waals surface area contributed by atoms with Crippen LogP contribution in [0.15, 0.2) is 91.0 Å². The number of rotatable bonds is 6. The fraction of sp³-hybridized carbons (Fsp3) is 0.143. The number of ether oxygens (including phenoxy) is 2. The molecular weight excluding hydrogens is 382 g/mol. The fourth-order valence-corrected chi connectivity index (χ4v) is 3.69. The van der Waals surface area contributed by atoms with Crippen LogP contribution in [0.1, 0.15) is 11.1 Å². The SMILES string of the molecule is COc1ccc(N(c2ccc(OC)cc2)c2cc(C)ccc2-c2ccc(C)cc2)cc1. The van der Waals surface area contributed by atoms with Crippen molar-refractivity contribution >= 4 is 17.1 Å².